The Morgan fingerprint density at radius 1 is 1.20 bits per heavy atom. The first-order valence-electron chi connectivity index (χ1n) is 10.0. The Balaban J connectivity index is 1.70. The van der Waals surface area contributed by atoms with Crippen molar-refractivity contribution < 1.29 is 4.79 Å². The van der Waals surface area contributed by atoms with Crippen molar-refractivity contribution in [3.05, 3.63) is 64.1 Å². The molecule has 0 radical (unpaired) electrons. The van der Waals surface area contributed by atoms with Gasteiger partial charge in [0.25, 0.3) is 5.91 Å². The summed E-state index contributed by atoms with van der Waals surface area (Å²) >= 11 is 1.65. The van der Waals surface area contributed by atoms with E-state index in [-0.39, 0.29) is 11.3 Å². The van der Waals surface area contributed by atoms with Gasteiger partial charge in [-0.25, -0.2) is 9.97 Å². The third-order valence-corrected chi connectivity index (χ3v) is 5.76. The van der Waals surface area contributed by atoms with Crippen LogP contribution in [0.1, 0.15) is 47.7 Å². The van der Waals surface area contributed by atoms with E-state index in [1.807, 2.05) is 54.9 Å². The highest BCUT2D eigenvalue weighted by molar-refractivity contribution is 7.09. The summed E-state index contributed by atoms with van der Waals surface area (Å²) in [6, 6.07) is 7.83. The molecule has 0 saturated carbocycles. The topological polar surface area (TPSA) is 64.2 Å². The largest absolute Gasteiger partial charge is 0.351 e. The Kier molecular flexibility index (Phi) is 5.24. The molecule has 0 saturated heterocycles. The minimum atomic E-state index is -0.0611. The zero-order chi connectivity index (χ0) is 21.5. The van der Waals surface area contributed by atoms with E-state index in [0.717, 1.165) is 33.4 Å². The second kappa shape index (κ2) is 7.72. The summed E-state index contributed by atoms with van der Waals surface area (Å²) in [7, 11) is 0. The van der Waals surface area contributed by atoms with E-state index >= 15 is 0 Å². The van der Waals surface area contributed by atoms with E-state index < -0.39 is 0 Å². The lowest BCUT2D eigenvalue weighted by atomic mass is 9.97. The molecule has 156 valence electrons. The van der Waals surface area contributed by atoms with Crippen LogP contribution in [0.4, 0.5) is 0 Å². The Hall–Kier alpha value is -2.93. The number of hydrogen-bond donors (Lipinski definition) is 1. The molecule has 30 heavy (non-hydrogen) atoms. The SMILES string of the molecule is Cc1nc(Cn2cc(-c3cc(C(=O)NCC(C)(C)C)c4ccccn34)nc2C)cs1. The van der Waals surface area contributed by atoms with Crippen LogP contribution in [-0.2, 0) is 6.54 Å². The quantitative estimate of drug-likeness (QED) is 0.508. The van der Waals surface area contributed by atoms with Crippen molar-refractivity contribution in [3.8, 4) is 11.4 Å². The highest BCUT2D eigenvalue weighted by Crippen LogP contribution is 2.26. The van der Waals surface area contributed by atoms with Gasteiger partial charge in [0.2, 0.25) is 0 Å². The third kappa shape index (κ3) is 4.16. The van der Waals surface area contributed by atoms with Crippen LogP contribution in [0.15, 0.2) is 42.0 Å². The molecule has 4 heterocycles. The molecule has 0 aromatic carbocycles. The first-order chi connectivity index (χ1) is 14.2. The Morgan fingerprint density at radius 2 is 2.00 bits per heavy atom. The molecule has 6 nitrogen and oxygen atoms in total. The van der Waals surface area contributed by atoms with Crippen LogP contribution in [0.5, 0.6) is 0 Å². The molecule has 0 bridgehead atoms. The van der Waals surface area contributed by atoms with Gasteiger partial charge in [0.05, 0.1) is 34.0 Å². The molecule has 4 rings (SSSR count). The fraction of sp³-hybridized carbons (Fsp3) is 0.348. The summed E-state index contributed by atoms with van der Waals surface area (Å²) in [5, 5.41) is 6.21. The molecule has 0 atom stereocenters. The number of pyridine rings is 1. The molecule has 4 aromatic heterocycles. The normalized spacial score (nSPS) is 11.9. The maximum Gasteiger partial charge on any atom is 0.253 e. The van der Waals surface area contributed by atoms with Gasteiger partial charge >= 0.3 is 0 Å². The van der Waals surface area contributed by atoms with E-state index in [1.54, 1.807) is 11.3 Å². The number of nitrogens with zero attached hydrogens (tertiary/aromatic N) is 4. The molecule has 1 amide bonds. The van der Waals surface area contributed by atoms with Gasteiger partial charge in [-0.2, -0.15) is 0 Å². The van der Waals surface area contributed by atoms with Gasteiger partial charge in [0, 0.05) is 24.3 Å². The van der Waals surface area contributed by atoms with Crippen molar-refractivity contribution >= 4 is 22.8 Å². The number of rotatable bonds is 5. The number of imidazole rings is 1. The van der Waals surface area contributed by atoms with Gasteiger partial charge in [-0.1, -0.05) is 26.8 Å². The van der Waals surface area contributed by atoms with Crippen LogP contribution < -0.4 is 5.32 Å². The molecule has 0 aliphatic carbocycles. The lowest BCUT2D eigenvalue weighted by Crippen LogP contribution is -2.32. The van der Waals surface area contributed by atoms with Crippen LogP contribution in [0.2, 0.25) is 0 Å². The van der Waals surface area contributed by atoms with E-state index in [9.17, 15) is 4.79 Å². The summed E-state index contributed by atoms with van der Waals surface area (Å²) in [4.78, 5) is 22.2. The number of amides is 1. The second-order valence-electron chi connectivity index (χ2n) is 8.80. The van der Waals surface area contributed by atoms with Gasteiger partial charge in [-0.15, -0.1) is 11.3 Å². The van der Waals surface area contributed by atoms with Crippen molar-refractivity contribution in [2.24, 2.45) is 5.41 Å². The fourth-order valence-electron chi connectivity index (χ4n) is 3.42. The third-order valence-electron chi connectivity index (χ3n) is 4.94. The summed E-state index contributed by atoms with van der Waals surface area (Å²) in [5.41, 5.74) is 4.35. The number of hydrogen-bond acceptors (Lipinski definition) is 4. The van der Waals surface area contributed by atoms with Gasteiger partial charge in [0.1, 0.15) is 11.5 Å². The van der Waals surface area contributed by atoms with Gasteiger partial charge in [-0.3, -0.25) is 4.79 Å². The van der Waals surface area contributed by atoms with Crippen LogP contribution in [-0.4, -0.2) is 31.4 Å². The summed E-state index contributed by atoms with van der Waals surface area (Å²) in [5.74, 6) is 0.856. The van der Waals surface area contributed by atoms with Crippen LogP contribution in [0.3, 0.4) is 0 Å². The number of carbonyl (C=O) groups excluding carboxylic acids is 1. The molecule has 0 aliphatic rings. The Labute approximate surface area is 180 Å². The number of nitrogens with one attached hydrogen (secondary N) is 1. The molecular weight excluding hydrogens is 394 g/mol. The minimum absolute atomic E-state index is 0.0258. The van der Waals surface area contributed by atoms with Gasteiger partial charge in [-0.05, 0) is 37.5 Å². The van der Waals surface area contributed by atoms with Gasteiger partial charge in [0.15, 0.2) is 0 Å². The van der Waals surface area contributed by atoms with Crippen LogP contribution in [0, 0.1) is 19.3 Å². The monoisotopic (exact) mass is 421 g/mol. The van der Waals surface area contributed by atoms with E-state index in [4.69, 9.17) is 4.98 Å². The van der Waals surface area contributed by atoms with Crippen molar-refractivity contribution in [1.29, 1.82) is 0 Å². The Morgan fingerprint density at radius 3 is 2.70 bits per heavy atom. The molecular formula is C23H27N5OS. The molecule has 0 unspecified atom stereocenters. The van der Waals surface area contributed by atoms with E-state index in [2.05, 4.69) is 41.0 Å². The lowest BCUT2D eigenvalue weighted by molar-refractivity contribution is 0.0941. The average Bonchev–Trinajstić information content (AvgIpc) is 3.37. The molecule has 0 aliphatic heterocycles. The van der Waals surface area contributed by atoms with Crippen molar-refractivity contribution in [1.82, 2.24) is 24.3 Å². The standard InChI is InChI=1S/C23H27N5OS/c1-15-25-19(12-27(15)11-17-13-30-16(2)26-17)21-10-18(20-8-6-7-9-28(20)21)22(29)24-14-23(3,4)5/h6-10,12-13H,11,14H2,1-5H3,(H,24,29). The molecule has 0 spiro atoms. The fourth-order valence-corrected chi connectivity index (χ4v) is 4.02. The van der Waals surface area contributed by atoms with E-state index in [1.165, 1.54) is 0 Å². The number of fused-ring (bicyclic) bond motifs is 1. The number of aryl methyl sites for hydroxylation is 2. The average molecular weight is 422 g/mol. The number of aromatic nitrogens is 4. The first kappa shape index (κ1) is 20.3. The smallest absolute Gasteiger partial charge is 0.253 e. The zero-order valence-corrected chi connectivity index (χ0v) is 18.9. The maximum absolute atomic E-state index is 12.9. The zero-order valence-electron chi connectivity index (χ0n) is 18.1. The van der Waals surface area contributed by atoms with Crippen molar-refractivity contribution in [2.75, 3.05) is 6.54 Å². The highest BCUT2D eigenvalue weighted by atomic mass is 32.1. The first-order valence-corrected chi connectivity index (χ1v) is 10.9. The molecule has 7 heteroatoms. The number of carbonyl (C=O) groups is 1. The second-order valence-corrected chi connectivity index (χ2v) is 9.86. The molecule has 4 aromatic rings. The highest BCUT2D eigenvalue weighted by Gasteiger charge is 2.20. The maximum atomic E-state index is 12.9. The summed E-state index contributed by atoms with van der Waals surface area (Å²) in [6.07, 6.45) is 4.01. The Bertz CT molecular complexity index is 1210. The number of thiazole rings is 1. The van der Waals surface area contributed by atoms with Gasteiger partial charge < -0.3 is 14.3 Å². The minimum Gasteiger partial charge on any atom is -0.351 e. The van der Waals surface area contributed by atoms with E-state index in [0.29, 0.717) is 18.7 Å². The summed E-state index contributed by atoms with van der Waals surface area (Å²) < 4.78 is 4.14. The van der Waals surface area contributed by atoms with Crippen LogP contribution in [0.25, 0.3) is 16.9 Å². The molecule has 0 fully saturated rings. The molecule has 1 N–H and O–H groups in total. The van der Waals surface area contributed by atoms with Crippen LogP contribution >= 0.6 is 11.3 Å². The van der Waals surface area contributed by atoms with Crippen molar-refractivity contribution in [3.63, 3.8) is 0 Å². The summed E-state index contributed by atoms with van der Waals surface area (Å²) in [6.45, 7) is 11.6. The lowest BCUT2D eigenvalue weighted by Gasteiger charge is -2.18. The predicted molar refractivity (Wildman–Crippen MR) is 121 cm³/mol. The predicted octanol–water partition coefficient (Wildman–Crippen LogP) is 4.70. The van der Waals surface area contributed by atoms with Crippen molar-refractivity contribution in [2.45, 2.75) is 41.2 Å².